The lowest BCUT2D eigenvalue weighted by molar-refractivity contribution is 0.218. The van der Waals surface area contributed by atoms with Crippen LogP contribution in [0.1, 0.15) is 28.4 Å². The van der Waals surface area contributed by atoms with Crippen LogP contribution in [0.2, 0.25) is 0 Å². The summed E-state index contributed by atoms with van der Waals surface area (Å²) in [6, 6.07) is 7.84. The van der Waals surface area contributed by atoms with Crippen LogP contribution in [0.4, 0.5) is 0 Å². The van der Waals surface area contributed by atoms with Gasteiger partial charge in [0.1, 0.15) is 6.10 Å². The number of benzene rings is 1. The van der Waals surface area contributed by atoms with Crippen molar-refractivity contribution in [1.82, 2.24) is 4.98 Å². The van der Waals surface area contributed by atoms with Crippen LogP contribution in [0.25, 0.3) is 0 Å². The zero-order valence-corrected chi connectivity index (χ0v) is 11.4. The first-order chi connectivity index (χ1) is 8.09. The van der Waals surface area contributed by atoms with Crippen molar-refractivity contribution in [3.63, 3.8) is 0 Å². The van der Waals surface area contributed by atoms with Crippen LogP contribution in [-0.4, -0.2) is 10.1 Å². The lowest BCUT2D eigenvalue weighted by atomic mass is 9.99. The minimum atomic E-state index is -0.640. The summed E-state index contributed by atoms with van der Waals surface area (Å²) in [5, 5.41) is 10.4. The summed E-state index contributed by atoms with van der Waals surface area (Å²) in [4.78, 5) is 4.06. The van der Waals surface area contributed by atoms with Crippen molar-refractivity contribution in [1.29, 1.82) is 0 Å². The fourth-order valence-electron chi connectivity index (χ4n) is 1.78. The van der Waals surface area contributed by atoms with Crippen LogP contribution in [0.3, 0.4) is 0 Å². The molecule has 0 fully saturated rings. The summed E-state index contributed by atoms with van der Waals surface area (Å²) in [5.74, 6) is 0. The monoisotopic (exact) mass is 291 g/mol. The first-order valence-electron chi connectivity index (χ1n) is 5.44. The quantitative estimate of drug-likeness (QED) is 0.918. The highest BCUT2D eigenvalue weighted by Gasteiger charge is 2.15. The average molecular weight is 292 g/mol. The molecule has 2 rings (SSSR count). The highest BCUT2D eigenvalue weighted by atomic mass is 79.9. The molecule has 1 atom stereocenters. The molecule has 0 aliphatic rings. The fourth-order valence-corrected chi connectivity index (χ4v) is 2.49. The first-order valence-corrected chi connectivity index (χ1v) is 6.23. The summed E-state index contributed by atoms with van der Waals surface area (Å²) in [6.07, 6.45) is 2.81. The van der Waals surface area contributed by atoms with Gasteiger partial charge in [0, 0.05) is 22.4 Å². The predicted octanol–water partition coefficient (Wildman–Crippen LogP) is 3.54. The lowest BCUT2D eigenvalue weighted by Crippen LogP contribution is -2.03. The van der Waals surface area contributed by atoms with Crippen LogP contribution >= 0.6 is 15.9 Å². The Bertz CT molecular complexity index is 539. The second kappa shape index (κ2) is 4.98. The number of aliphatic hydroxyl groups excluding tert-OH is 1. The fraction of sp³-hybridized carbons (Fsp3) is 0.214. The Morgan fingerprint density at radius 1 is 1.18 bits per heavy atom. The van der Waals surface area contributed by atoms with Crippen molar-refractivity contribution < 1.29 is 5.11 Å². The van der Waals surface area contributed by atoms with E-state index in [1.54, 1.807) is 12.4 Å². The molecule has 0 aliphatic carbocycles. The molecule has 17 heavy (non-hydrogen) atoms. The first kappa shape index (κ1) is 12.3. The molecule has 0 amide bonds. The van der Waals surface area contributed by atoms with Crippen LogP contribution in [0.5, 0.6) is 0 Å². The summed E-state index contributed by atoms with van der Waals surface area (Å²) in [6.45, 7) is 4.00. The molecule has 1 unspecified atom stereocenters. The number of halogens is 1. The molecule has 0 aliphatic heterocycles. The van der Waals surface area contributed by atoms with E-state index >= 15 is 0 Å². The minimum Gasteiger partial charge on any atom is -0.384 e. The van der Waals surface area contributed by atoms with Crippen molar-refractivity contribution in [3.8, 4) is 0 Å². The van der Waals surface area contributed by atoms with Gasteiger partial charge in [-0.1, -0.05) is 28.1 Å². The molecule has 2 nitrogen and oxygen atoms in total. The molecule has 0 radical (unpaired) electrons. The van der Waals surface area contributed by atoms with Gasteiger partial charge in [0.2, 0.25) is 0 Å². The van der Waals surface area contributed by atoms with Gasteiger partial charge in [0.15, 0.2) is 0 Å². The maximum Gasteiger partial charge on any atom is 0.107 e. The van der Waals surface area contributed by atoms with E-state index in [1.165, 1.54) is 0 Å². The summed E-state index contributed by atoms with van der Waals surface area (Å²) in [5.41, 5.74) is 3.92. The van der Waals surface area contributed by atoms with Gasteiger partial charge >= 0.3 is 0 Å². The molecule has 88 valence electrons. The van der Waals surface area contributed by atoms with Gasteiger partial charge < -0.3 is 5.11 Å². The van der Waals surface area contributed by atoms with Crippen LogP contribution in [0, 0.1) is 13.8 Å². The van der Waals surface area contributed by atoms with Gasteiger partial charge in [-0.2, -0.15) is 0 Å². The standard InChI is InChI=1S/C14H14BrNO/c1-9-3-4-11(13(15)7-9)14(17)12-8-16-6-5-10(12)2/h3-8,14,17H,1-2H3. The van der Waals surface area contributed by atoms with E-state index in [1.807, 2.05) is 38.1 Å². The lowest BCUT2D eigenvalue weighted by Gasteiger charge is -2.15. The van der Waals surface area contributed by atoms with E-state index in [2.05, 4.69) is 20.9 Å². The van der Waals surface area contributed by atoms with Crippen molar-refractivity contribution in [2.45, 2.75) is 20.0 Å². The topological polar surface area (TPSA) is 33.1 Å². The highest BCUT2D eigenvalue weighted by molar-refractivity contribution is 9.10. The summed E-state index contributed by atoms with van der Waals surface area (Å²) < 4.78 is 0.924. The normalized spacial score (nSPS) is 12.5. The molecule has 0 saturated heterocycles. The van der Waals surface area contributed by atoms with E-state index in [4.69, 9.17) is 0 Å². The van der Waals surface area contributed by atoms with E-state index in [0.717, 1.165) is 26.7 Å². The molecule has 2 aromatic rings. The second-order valence-electron chi connectivity index (χ2n) is 4.16. The number of nitrogens with zero attached hydrogens (tertiary/aromatic N) is 1. The number of hydrogen-bond donors (Lipinski definition) is 1. The van der Waals surface area contributed by atoms with Gasteiger partial charge in [0.25, 0.3) is 0 Å². The smallest absolute Gasteiger partial charge is 0.107 e. The van der Waals surface area contributed by atoms with Crippen molar-refractivity contribution >= 4 is 15.9 Å². The molecular weight excluding hydrogens is 278 g/mol. The molecule has 0 spiro atoms. The zero-order valence-electron chi connectivity index (χ0n) is 9.81. The number of hydrogen-bond acceptors (Lipinski definition) is 2. The molecule has 1 aromatic carbocycles. The third-order valence-electron chi connectivity index (χ3n) is 2.82. The second-order valence-corrected chi connectivity index (χ2v) is 5.01. The maximum absolute atomic E-state index is 10.4. The third-order valence-corrected chi connectivity index (χ3v) is 3.51. The molecule has 1 aromatic heterocycles. The van der Waals surface area contributed by atoms with Crippen LogP contribution in [-0.2, 0) is 0 Å². The van der Waals surface area contributed by atoms with Crippen molar-refractivity contribution in [2.75, 3.05) is 0 Å². The number of aromatic nitrogens is 1. The average Bonchev–Trinajstić information content (AvgIpc) is 2.29. The van der Waals surface area contributed by atoms with Gasteiger partial charge in [-0.25, -0.2) is 0 Å². The Kier molecular flexibility index (Phi) is 3.60. The van der Waals surface area contributed by atoms with E-state index in [-0.39, 0.29) is 0 Å². The number of pyridine rings is 1. The number of aryl methyl sites for hydroxylation is 2. The van der Waals surface area contributed by atoms with Crippen molar-refractivity contribution in [2.24, 2.45) is 0 Å². The van der Waals surface area contributed by atoms with Crippen molar-refractivity contribution in [3.05, 3.63) is 63.4 Å². The molecular formula is C14H14BrNO. The zero-order chi connectivity index (χ0) is 12.4. The van der Waals surface area contributed by atoms with E-state index in [0.29, 0.717) is 0 Å². The van der Waals surface area contributed by atoms with E-state index in [9.17, 15) is 5.11 Å². The van der Waals surface area contributed by atoms with Gasteiger partial charge in [0.05, 0.1) is 0 Å². The number of rotatable bonds is 2. The predicted molar refractivity (Wildman–Crippen MR) is 71.9 cm³/mol. The number of aliphatic hydroxyl groups is 1. The molecule has 1 N–H and O–H groups in total. The Hall–Kier alpha value is -1.19. The summed E-state index contributed by atoms with van der Waals surface area (Å²) >= 11 is 3.49. The molecule has 3 heteroatoms. The molecule has 1 heterocycles. The third kappa shape index (κ3) is 2.56. The Morgan fingerprint density at radius 2 is 1.94 bits per heavy atom. The van der Waals surface area contributed by atoms with Gasteiger partial charge in [-0.3, -0.25) is 4.98 Å². The highest BCUT2D eigenvalue weighted by Crippen LogP contribution is 2.30. The SMILES string of the molecule is Cc1ccc(C(O)c2cnccc2C)c(Br)c1. The Morgan fingerprint density at radius 3 is 2.59 bits per heavy atom. The van der Waals surface area contributed by atoms with E-state index < -0.39 is 6.10 Å². The van der Waals surface area contributed by atoms with Gasteiger partial charge in [-0.15, -0.1) is 0 Å². The summed E-state index contributed by atoms with van der Waals surface area (Å²) in [7, 11) is 0. The molecule has 0 bridgehead atoms. The van der Waals surface area contributed by atoms with Crippen LogP contribution in [0.15, 0.2) is 41.1 Å². The van der Waals surface area contributed by atoms with Gasteiger partial charge in [-0.05, 0) is 42.7 Å². The Balaban J connectivity index is 2.44. The maximum atomic E-state index is 10.4. The minimum absolute atomic E-state index is 0.640. The Labute approximate surface area is 109 Å². The van der Waals surface area contributed by atoms with Crippen LogP contribution < -0.4 is 0 Å². The largest absolute Gasteiger partial charge is 0.384 e. The molecule has 0 saturated carbocycles.